The van der Waals surface area contributed by atoms with Gasteiger partial charge in [0, 0.05) is 35.6 Å². The quantitative estimate of drug-likeness (QED) is 0.315. The molecule has 0 fully saturated rings. The van der Waals surface area contributed by atoms with Crippen LogP contribution in [0.3, 0.4) is 0 Å². The molecule has 11 heteroatoms. The van der Waals surface area contributed by atoms with Crippen LogP contribution in [-0.2, 0) is 4.79 Å². The number of nitrogens with zero attached hydrogens (tertiary/aromatic N) is 6. The summed E-state index contributed by atoms with van der Waals surface area (Å²) in [5, 5.41) is 10.3. The highest BCUT2D eigenvalue weighted by Crippen LogP contribution is 2.34. The molecule has 6 rings (SSSR count). The number of hydrogen-bond acceptors (Lipinski definition) is 6. The van der Waals surface area contributed by atoms with Gasteiger partial charge in [-0.3, -0.25) is 14.9 Å². The highest BCUT2D eigenvalue weighted by atomic mass is 19.1. The molecule has 0 atom stereocenters. The van der Waals surface area contributed by atoms with Crippen LogP contribution < -0.4 is 5.32 Å². The normalized spacial score (nSPS) is 11.6. The maximum atomic E-state index is 16.0. The minimum atomic E-state index is -0.478. The van der Waals surface area contributed by atoms with Gasteiger partial charge in [-0.05, 0) is 31.2 Å². The molecule has 0 aliphatic rings. The van der Waals surface area contributed by atoms with E-state index in [1.807, 2.05) is 23.8 Å². The van der Waals surface area contributed by atoms with Crippen LogP contribution in [0.5, 0.6) is 0 Å². The number of imidazole rings is 2. The summed E-state index contributed by atoms with van der Waals surface area (Å²) in [6.45, 7) is 5.51. The van der Waals surface area contributed by atoms with Crippen LogP contribution >= 0.6 is 0 Å². The highest BCUT2D eigenvalue weighted by molar-refractivity contribution is 5.97. The summed E-state index contributed by atoms with van der Waals surface area (Å²) >= 11 is 0. The van der Waals surface area contributed by atoms with Crippen LogP contribution in [0.1, 0.15) is 19.5 Å². The van der Waals surface area contributed by atoms with Crippen molar-refractivity contribution in [1.82, 2.24) is 39.7 Å². The zero-order valence-corrected chi connectivity index (χ0v) is 20.2. The first-order valence-corrected chi connectivity index (χ1v) is 11.7. The second kappa shape index (κ2) is 8.63. The number of amides is 1. The van der Waals surface area contributed by atoms with E-state index in [0.29, 0.717) is 45.0 Å². The maximum Gasteiger partial charge on any atom is 0.226 e. The Hall–Kier alpha value is -4.93. The average Bonchev–Trinajstić information content (AvgIpc) is 3.62. The maximum absolute atomic E-state index is 16.0. The predicted octanol–water partition coefficient (Wildman–Crippen LogP) is 4.79. The third-order valence-corrected chi connectivity index (χ3v) is 6.09. The molecule has 3 N–H and O–H groups in total. The SMILES string of the molecule is Cc1cn(-c2ccnc3nc(-c4n[nH]c5ccc(-c6cncc(NC(=O)C(C)C)c6)c(F)c45)[nH]c23)cn1. The van der Waals surface area contributed by atoms with Gasteiger partial charge >= 0.3 is 0 Å². The summed E-state index contributed by atoms with van der Waals surface area (Å²) in [6.07, 6.45) is 8.37. The van der Waals surface area contributed by atoms with Crippen LogP contribution in [0, 0.1) is 18.7 Å². The van der Waals surface area contributed by atoms with Gasteiger partial charge in [0.1, 0.15) is 17.0 Å². The second-order valence-electron chi connectivity index (χ2n) is 9.06. The van der Waals surface area contributed by atoms with Crippen molar-refractivity contribution in [1.29, 1.82) is 0 Å². The Morgan fingerprint density at radius 2 is 2.03 bits per heavy atom. The van der Waals surface area contributed by atoms with Gasteiger partial charge in [-0.2, -0.15) is 5.10 Å². The Morgan fingerprint density at radius 1 is 1.16 bits per heavy atom. The third kappa shape index (κ3) is 3.90. The second-order valence-corrected chi connectivity index (χ2v) is 9.06. The summed E-state index contributed by atoms with van der Waals surface area (Å²) in [5.41, 5.74) is 5.05. The molecule has 1 amide bonds. The fourth-order valence-corrected chi connectivity index (χ4v) is 4.19. The van der Waals surface area contributed by atoms with Gasteiger partial charge in [0.05, 0.1) is 40.5 Å². The van der Waals surface area contributed by atoms with Crippen molar-refractivity contribution in [3.8, 4) is 28.3 Å². The number of carbonyl (C=O) groups is 1. The number of aromatic nitrogens is 8. The number of halogens is 1. The molecule has 184 valence electrons. The van der Waals surface area contributed by atoms with Gasteiger partial charge in [0.2, 0.25) is 5.91 Å². The molecule has 0 aliphatic heterocycles. The molecular formula is C26H22FN9O. The molecule has 0 saturated carbocycles. The number of aryl methyl sites for hydroxylation is 1. The molecule has 5 aromatic heterocycles. The number of hydrogen-bond donors (Lipinski definition) is 3. The topological polar surface area (TPSA) is 130 Å². The van der Waals surface area contributed by atoms with Crippen molar-refractivity contribution in [3.05, 3.63) is 66.9 Å². The van der Waals surface area contributed by atoms with Gasteiger partial charge in [-0.15, -0.1) is 0 Å². The summed E-state index contributed by atoms with van der Waals surface area (Å²) in [4.78, 5) is 32.8. The van der Waals surface area contributed by atoms with E-state index in [0.717, 1.165) is 11.4 Å². The van der Waals surface area contributed by atoms with E-state index < -0.39 is 5.82 Å². The molecule has 5 heterocycles. The van der Waals surface area contributed by atoms with E-state index in [1.54, 1.807) is 50.8 Å². The molecule has 0 aliphatic carbocycles. The molecule has 0 bridgehead atoms. The van der Waals surface area contributed by atoms with Gasteiger partial charge in [0.15, 0.2) is 11.5 Å². The lowest BCUT2D eigenvalue weighted by Crippen LogP contribution is -2.17. The lowest BCUT2D eigenvalue weighted by Gasteiger charge is -2.10. The number of nitrogens with one attached hydrogen (secondary N) is 3. The van der Waals surface area contributed by atoms with E-state index in [4.69, 9.17) is 0 Å². The lowest BCUT2D eigenvalue weighted by atomic mass is 10.0. The number of pyridine rings is 2. The Labute approximate surface area is 210 Å². The van der Waals surface area contributed by atoms with Crippen molar-refractivity contribution < 1.29 is 9.18 Å². The summed E-state index contributed by atoms with van der Waals surface area (Å²) in [7, 11) is 0. The van der Waals surface area contributed by atoms with Crippen molar-refractivity contribution in [2.45, 2.75) is 20.8 Å². The van der Waals surface area contributed by atoms with Crippen LogP contribution in [0.15, 0.2) is 55.4 Å². The number of aromatic amines is 2. The zero-order valence-electron chi connectivity index (χ0n) is 20.2. The van der Waals surface area contributed by atoms with Crippen LogP contribution in [0.25, 0.3) is 50.4 Å². The smallest absolute Gasteiger partial charge is 0.226 e. The van der Waals surface area contributed by atoms with E-state index in [1.165, 1.54) is 6.20 Å². The Morgan fingerprint density at radius 3 is 2.81 bits per heavy atom. The van der Waals surface area contributed by atoms with E-state index >= 15 is 4.39 Å². The Balaban J connectivity index is 1.45. The monoisotopic (exact) mass is 495 g/mol. The molecule has 0 radical (unpaired) electrons. The van der Waals surface area contributed by atoms with E-state index in [2.05, 4.69) is 40.4 Å². The third-order valence-electron chi connectivity index (χ3n) is 6.09. The molecule has 0 unspecified atom stereocenters. The first-order valence-electron chi connectivity index (χ1n) is 11.7. The average molecular weight is 496 g/mol. The molecule has 6 aromatic rings. The fourth-order valence-electron chi connectivity index (χ4n) is 4.19. The van der Waals surface area contributed by atoms with Crippen LogP contribution in [0.2, 0.25) is 0 Å². The largest absolute Gasteiger partial charge is 0.333 e. The first-order chi connectivity index (χ1) is 17.9. The van der Waals surface area contributed by atoms with E-state index in [-0.39, 0.29) is 17.2 Å². The number of carbonyl (C=O) groups excluding carboxylic acids is 1. The Bertz CT molecular complexity index is 1800. The molecule has 1 aromatic carbocycles. The molecule has 37 heavy (non-hydrogen) atoms. The van der Waals surface area contributed by atoms with Gasteiger partial charge in [-0.1, -0.05) is 13.8 Å². The fraction of sp³-hybridized carbons (Fsp3) is 0.154. The van der Waals surface area contributed by atoms with Crippen molar-refractivity contribution in [3.63, 3.8) is 0 Å². The van der Waals surface area contributed by atoms with Crippen LogP contribution in [-0.4, -0.2) is 45.6 Å². The molecule has 0 saturated heterocycles. The minimum absolute atomic E-state index is 0.143. The summed E-state index contributed by atoms with van der Waals surface area (Å²) in [5.74, 6) is -0.433. The zero-order chi connectivity index (χ0) is 25.7. The number of H-pyrrole nitrogens is 2. The number of anilines is 1. The van der Waals surface area contributed by atoms with E-state index in [9.17, 15) is 4.79 Å². The Kier molecular flexibility index (Phi) is 5.25. The highest BCUT2D eigenvalue weighted by Gasteiger charge is 2.21. The van der Waals surface area contributed by atoms with Gasteiger partial charge < -0.3 is 14.9 Å². The number of benzene rings is 1. The minimum Gasteiger partial charge on any atom is -0.333 e. The standard InChI is InChI=1S/C26H22FN9O/c1-13(2)26(37)31-16-8-15(9-28-10-16)17-4-5-18-20(21(17)27)23(35-34-18)25-32-22-19(6-7-29-24(22)33-25)36-11-14(3)30-12-36/h4-13H,1-3H3,(H,31,37)(H,34,35)(H,29,32,33). The number of rotatable bonds is 5. The predicted molar refractivity (Wildman–Crippen MR) is 137 cm³/mol. The van der Waals surface area contributed by atoms with Crippen LogP contribution in [0.4, 0.5) is 10.1 Å². The lowest BCUT2D eigenvalue weighted by molar-refractivity contribution is -0.118. The van der Waals surface area contributed by atoms with Gasteiger partial charge in [0.25, 0.3) is 0 Å². The van der Waals surface area contributed by atoms with Crippen molar-refractivity contribution >= 4 is 33.7 Å². The van der Waals surface area contributed by atoms with Crippen molar-refractivity contribution in [2.75, 3.05) is 5.32 Å². The first kappa shape index (κ1) is 22.5. The number of fused-ring (bicyclic) bond motifs is 2. The van der Waals surface area contributed by atoms with Crippen molar-refractivity contribution in [2.24, 2.45) is 5.92 Å². The molecular weight excluding hydrogens is 473 g/mol. The summed E-state index contributed by atoms with van der Waals surface area (Å²) < 4.78 is 17.9. The summed E-state index contributed by atoms with van der Waals surface area (Å²) in [6, 6.07) is 6.96. The molecule has 0 spiro atoms. The van der Waals surface area contributed by atoms with Gasteiger partial charge in [-0.25, -0.2) is 19.3 Å². The molecule has 10 nitrogen and oxygen atoms in total.